The van der Waals surface area contributed by atoms with E-state index in [4.69, 9.17) is 0 Å². The Labute approximate surface area is 84.8 Å². The lowest BCUT2D eigenvalue weighted by atomic mass is 9.73. The molecule has 3 nitrogen and oxygen atoms in total. The van der Waals surface area contributed by atoms with Crippen LogP contribution >= 0.6 is 0 Å². The number of carbonyl (C=O) groups is 1. The molecule has 0 unspecified atom stereocenters. The van der Waals surface area contributed by atoms with Crippen LogP contribution in [0.5, 0.6) is 0 Å². The second-order valence-electron chi connectivity index (χ2n) is 5.20. The van der Waals surface area contributed by atoms with Crippen molar-refractivity contribution in [3.05, 3.63) is 0 Å². The van der Waals surface area contributed by atoms with Crippen molar-refractivity contribution in [2.75, 3.05) is 26.2 Å². The molecule has 0 bridgehead atoms. The van der Waals surface area contributed by atoms with Gasteiger partial charge in [-0.05, 0) is 31.1 Å². The van der Waals surface area contributed by atoms with Crippen molar-refractivity contribution in [2.24, 2.45) is 11.3 Å². The van der Waals surface area contributed by atoms with Gasteiger partial charge >= 0.3 is 0 Å². The van der Waals surface area contributed by atoms with E-state index in [1.54, 1.807) is 0 Å². The summed E-state index contributed by atoms with van der Waals surface area (Å²) >= 11 is 0. The molecule has 2 aliphatic heterocycles. The van der Waals surface area contributed by atoms with E-state index in [0.717, 1.165) is 25.9 Å². The van der Waals surface area contributed by atoms with Crippen LogP contribution in [0.4, 0.5) is 0 Å². The molecule has 14 heavy (non-hydrogen) atoms. The van der Waals surface area contributed by atoms with E-state index in [9.17, 15) is 4.79 Å². The van der Waals surface area contributed by atoms with Crippen molar-refractivity contribution < 1.29 is 4.79 Å². The molecule has 0 aromatic heterocycles. The zero-order valence-electron chi connectivity index (χ0n) is 8.59. The Morgan fingerprint density at radius 3 is 2.29 bits per heavy atom. The van der Waals surface area contributed by atoms with Crippen LogP contribution in [0, 0.1) is 11.3 Å². The maximum Gasteiger partial charge on any atom is 0.225 e. The predicted molar refractivity (Wildman–Crippen MR) is 53.8 cm³/mol. The fourth-order valence-corrected chi connectivity index (χ4v) is 2.62. The Morgan fingerprint density at radius 2 is 1.86 bits per heavy atom. The van der Waals surface area contributed by atoms with Crippen LogP contribution < -0.4 is 5.32 Å². The molecule has 1 saturated carbocycles. The van der Waals surface area contributed by atoms with Crippen molar-refractivity contribution >= 4 is 5.91 Å². The molecular weight excluding hydrogens is 176 g/mol. The van der Waals surface area contributed by atoms with E-state index in [1.807, 2.05) is 0 Å². The number of piperidine rings is 1. The summed E-state index contributed by atoms with van der Waals surface area (Å²) in [6.07, 6.45) is 4.72. The largest absolute Gasteiger partial charge is 0.342 e. The minimum atomic E-state index is 0.406. The first-order chi connectivity index (χ1) is 6.79. The van der Waals surface area contributed by atoms with Gasteiger partial charge in [-0.3, -0.25) is 4.79 Å². The van der Waals surface area contributed by atoms with E-state index in [1.165, 1.54) is 25.9 Å². The van der Waals surface area contributed by atoms with Crippen LogP contribution in [0.3, 0.4) is 0 Å². The van der Waals surface area contributed by atoms with Gasteiger partial charge in [0.25, 0.3) is 0 Å². The fourth-order valence-electron chi connectivity index (χ4n) is 2.62. The average Bonchev–Trinajstić information content (AvgIpc) is 2.98. The van der Waals surface area contributed by atoms with E-state index >= 15 is 0 Å². The lowest BCUT2D eigenvalue weighted by Gasteiger charge is -2.48. The van der Waals surface area contributed by atoms with Crippen LogP contribution in [0.15, 0.2) is 0 Å². The van der Waals surface area contributed by atoms with Crippen LogP contribution in [0.2, 0.25) is 0 Å². The molecule has 3 rings (SSSR count). The minimum absolute atomic E-state index is 0.406. The first-order valence-electron chi connectivity index (χ1n) is 5.79. The second-order valence-corrected chi connectivity index (χ2v) is 5.20. The second kappa shape index (κ2) is 2.96. The van der Waals surface area contributed by atoms with Crippen molar-refractivity contribution in [1.29, 1.82) is 0 Å². The Morgan fingerprint density at radius 1 is 1.21 bits per heavy atom. The van der Waals surface area contributed by atoms with Gasteiger partial charge in [0.15, 0.2) is 0 Å². The molecule has 1 N–H and O–H groups in total. The van der Waals surface area contributed by atoms with Crippen molar-refractivity contribution in [2.45, 2.75) is 25.7 Å². The van der Waals surface area contributed by atoms with Crippen LogP contribution in [0.1, 0.15) is 25.7 Å². The van der Waals surface area contributed by atoms with Gasteiger partial charge in [-0.15, -0.1) is 0 Å². The summed E-state index contributed by atoms with van der Waals surface area (Å²) in [4.78, 5) is 13.9. The Kier molecular flexibility index (Phi) is 1.84. The van der Waals surface area contributed by atoms with Gasteiger partial charge < -0.3 is 10.2 Å². The smallest absolute Gasteiger partial charge is 0.225 e. The van der Waals surface area contributed by atoms with Gasteiger partial charge in [-0.1, -0.05) is 0 Å². The molecule has 1 aliphatic carbocycles. The molecule has 0 radical (unpaired) electrons. The molecule has 2 saturated heterocycles. The number of likely N-dealkylation sites (tertiary alicyclic amines) is 1. The molecule has 1 amide bonds. The fraction of sp³-hybridized carbons (Fsp3) is 0.909. The molecule has 3 fully saturated rings. The molecule has 0 atom stereocenters. The Bertz CT molecular complexity index is 246. The third-order valence-corrected chi connectivity index (χ3v) is 4.06. The first-order valence-corrected chi connectivity index (χ1v) is 5.79. The van der Waals surface area contributed by atoms with Gasteiger partial charge in [-0.2, -0.15) is 0 Å². The number of nitrogens with one attached hydrogen (secondary N) is 1. The zero-order valence-corrected chi connectivity index (χ0v) is 8.59. The van der Waals surface area contributed by atoms with Crippen LogP contribution in [0.25, 0.3) is 0 Å². The predicted octanol–water partition coefficient (Wildman–Crippen LogP) is 0.608. The number of hydrogen-bond acceptors (Lipinski definition) is 2. The lowest BCUT2D eigenvalue weighted by Crippen LogP contribution is -2.58. The maximum atomic E-state index is 11.8. The summed E-state index contributed by atoms with van der Waals surface area (Å²) in [6.45, 7) is 4.38. The Balaban J connectivity index is 1.56. The summed E-state index contributed by atoms with van der Waals surface area (Å²) in [5.74, 6) is 0.843. The standard InChI is InChI=1S/C11H18N2O/c14-10(9-1-2-9)13-5-3-11(4-6-13)7-12-8-11/h9,12H,1-8H2. The summed E-state index contributed by atoms with van der Waals surface area (Å²) in [7, 11) is 0. The minimum Gasteiger partial charge on any atom is -0.342 e. The van der Waals surface area contributed by atoms with Crippen molar-refractivity contribution in [3.8, 4) is 0 Å². The first kappa shape index (κ1) is 8.72. The lowest BCUT2D eigenvalue weighted by molar-refractivity contribution is -0.135. The normalized spacial score (nSPS) is 30.1. The monoisotopic (exact) mass is 194 g/mol. The highest BCUT2D eigenvalue weighted by atomic mass is 16.2. The van der Waals surface area contributed by atoms with Crippen LogP contribution in [-0.4, -0.2) is 37.0 Å². The molecule has 0 aromatic carbocycles. The summed E-state index contributed by atoms with van der Waals surface area (Å²) in [5.41, 5.74) is 0.570. The SMILES string of the molecule is O=C(C1CC1)N1CCC2(CC1)CNC2. The van der Waals surface area contributed by atoms with E-state index in [-0.39, 0.29) is 0 Å². The van der Waals surface area contributed by atoms with E-state index in [0.29, 0.717) is 17.2 Å². The van der Waals surface area contributed by atoms with E-state index in [2.05, 4.69) is 10.2 Å². The molecule has 1 spiro atoms. The quantitative estimate of drug-likeness (QED) is 0.663. The number of nitrogens with zero attached hydrogens (tertiary/aromatic N) is 1. The maximum absolute atomic E-state index is 11.8. The summed E-state index contributed by atoms with van der Waals surface area (Å²) in [5, 5.41) is 3.35. The molecule has 2 heterocycles. The van der Waals surface area contributed by atoms with Gasteiger partial charge in [0.2, 0.25) is 5.91 Å². The highest BCUT2D eigenvalue weighted by molar-refractivity contribution is 5.81. The third-order valence-electron chi connectivity index (χ3n) is 4.06. The number of carbonyl (C=O) groups excluding carboxylic acids is 1. The Hall–Kier alpha value is -0.570. The van der Waals surface area contributed by atoms with Gasteiger partial charge in [0.1, 0.15) is 0 Å². The van der Waals surface area contributed by atoms with Crippen molar-refractivity contribution in [3.63, 3.8) is 0 Å². The van der Waals surface area contributed by atoms with Crippen molar-refractivity contribution in [1.82, 2.24) is 10.2 Å². The highest BCUT2D eigenvalue weighted by Gasteiger charge is 2.42. The van der Waals surface area contributed by atoms with Crippen LogP contribution in [-0.2, 0) is 4.79 Å². The van der Waals surface area contributed by atoms with Gasteiger partial charge in [0.05, 0.1) is 0 Å². The zero-order chi connectivity index (χ0) is 9.60. The highest BCUT2D eigenvalue weighted by Crippen LogP contribution is 2.37. The molecular formula is C11H18N2O. The molecule has 0 aromatic rings. The topological polar surface area (TPSA) is 32.3 Å². The third kappa shape index (κ3) is 1.34. The molecule has 3 aliphatic rings. The molecule has 78 valence electrons. The number of hydrogen-bond donors (Lipinski definition) is 1. The van der Waals surface area contributed by atoms with Gasteiger partial charge in [-0.25, -0.2) is 0 Å². The number of amides is 1. The summed E-state index contributed by atoms with van der Waals surface area (Å²) < 4.78 is 0. The molecule has 3 heteroatoms. The summed E-state index contributed by atoms with van der Waals surface area (Å²) in [6, 6.07) is 0. The van der Waals surface area contributed by atoms with Gasteiger partial charge in [0, 0.05) is 32.1 Å². The van der Waals surface area contributed by atoms with E-state index < -0.39 is 0 Å². The average molecular weight is 194 g/mol. The number of rotatable bonds is 1.